The number of ether oxygens (including phenoxy) is 1. The van der Waals surface area contributed by atoms with Crippen LogP contribution in [0.5, 0.6) is 0 Å². The third kappa shape index (κ3) is 5.64. The van der Waals surface area contributed by atoms with Crippen LogP contribution in [-0.2, 0) is 4.74 Å². The van der Waals surface area contributed by atoms with Gasteiger partial charge in [-0.3, -0.25) is 4.79 Å². The number of nitrogens with one attached hydrogen (secondary N) is 1. The van der Waals surface area contributed by atoms with Gasteiger partial charge in [-0.1, -0.05) is 0 Å². The van der Waals surface area contributed by atoms with Crippen LogP contribution in [0.15, 0.2) is 18.2 Å². The highest BCUT2D eigenvalue weighted by molar-refractivity contribution is 5.94. The molecule has 0 saturated heterocycles. The van der Waals surface area contributed by atoms with E-state index in [0.717, 1.165) is 12.1 Å². The zero-order chi connectivity index (χ0) is 14.5. The monoisotopic (exact) mass is 283 g/mol. The quantitative estimate of drug-likeness (QED) is 0.665. The normalized spacial score (nSPS) is 11.4. The number of carbonyl (C=O) groups excluding carboxylic acids is 1. The molecule has 8 heteroatoms. The molecule has 1 rings (SSSR count). The van der Waals surface area contributed by atoms with E-state index in [9.17, 15) is 26.7 Å². The van der Waals surface area contributed by atoms with Crippen LogP contribution in [-0.4, -0.2) is 31.8 Å². The lowest BCUT2D eigenvalue weighted by atomic mass is 10.2. The van der Waals surface area contributed by atoms with Gasteiger partial charge in [0.2, 0.25) is 0 Å². The Morgan fingerprint density at radius 1 is 1.26 bits per heavy atom. The van der Waals surface area contributed by atoms with Crippen LogP contribution in [0.1, 0.15) is 10.4 Å². The number of alkyl halides is 3. The van der Waals surface area contributed by atoms with Gasteiger partial charge < -0.3 is 10.1 Å². The Morgan fingerprint density at radius 3 is 2.58 bits per heavy atom. The SMILES string of the molecule is O=C(NCCOCC(F)(F)F)c1cc(F)ccc1F. The van der Waals surface area contributed by atoms with Gasteiger partial charge in [0, 0.05) is 6.54 Å². The Hall–Kier alpha value is -1.70. The van der Waals surface area contributed by atoms with Crippen LogP contribution in [0, 0.1) is 11.6 Å². The van der Waals surface area contributed by atoms with Crippen LogP contribution >= 0.6 is 0 Å². The summed E-state index contributed by atoms with van der Waals surface area (Å²) in [4.78, 5) is 11.4. The zero-order valence-corrected chi connectivity index (χ0v) is 9.56. The average Bonchev–Trinajstić information content (AvgIpc) is 2.30. The lowest BCUT2D eigenvalue weighted by Gasteiger charge is -2.09. The molecule has 0 aliphatic rings. The van der Waals surface area contributed by atoms with Gasteiger partial charge in [-0.2, -0.15) is 13.2 Å². The van der Waals surface area contributed by atoms with Gasteiger partial charge in [0.15, 0.2) is 0 Å². The third-order valence-corrected chi connectivity index (χ3v) is 1.97. The Labute approximate surface area is 105 Å². The van der Waals surface area contributed by atoms with Gasteiger partial charge in [0.25, 0.3) is 5.91 Å². The minimum Gasteiger partial charge on any atom is -0.370 e. The molecule has 1 N–H and O–H groups in total. The van der Waals surface area contributed by atoms with E-state index in [0.29, 0.717) is 6.07 Å². The molecule has 19 heavy (non-hydrogen) atoms. The van der Waals surface area contributed by atoms with Crippen molar-refractivity contribution in [3.63, 3.8) is 0 Å². The number of halogens is 5. The summed E-state index contributed by atoms with van der Waals surface area (Å²) in [5.74, 6) is -2.64. The molecule has 0 spiro atoms. The Bertz CT molecular complexity index is 447. The van der Waals surface area contributed by atoms with Gasteiger partial charge >= 0.3 is 6.18 Å². The second-order valence-electron chi connectivity index (χ2n) is 3.55. The highest BCUT2D eigenvalue weighted by atomic mass is 19.4. The molecule has 1 aromatic carbocycles. The van der Waals surface area contributed by atoms with E-state index in [4.69, 9.17) is 0 Å². The second kappa shape index (κ2) is 6.46. The highest BCUT2D eigenvalue weighted by Crippen LogP contribution is 2.14. The van der Waals surface area contributed by atoms with Crippen LogP contribution in [0.4, 0.5) is 22.0 Å². The van der Waals surface area contributed by atoms with Crippen molar-refractivity contribution in [2.45, 2.75) is 6.18 Å². The maximum absolute atomic E-state index is 13.1. The Balaban J connectivity index is 2.38. The maximum atomic E-state index is 13.1. The summed E-state index contributed by atoms with van der Waals surface area (Å²) in [5.41, 5.74) is -0.518. The van der Waals surface area contributed by atoms with Gasteiger partial charge in [-0.25, -0.2) is 8.78 Å². The molecule has 0 fully saturated rings. The molecule has 0 aliphatic carbocycles. The van der Waals surface area contributed by atoms with E-state index >= 15 is 0 Å². The number of carbonyl (C=O) groups is 1. The van der Waals surface area contributed by atoms with E-state index < -0.39 is 35.9 Å². The van der Waals surface area contributed by atoms with Crippen molar-refractivity contribution in [1.82, 2.24) is 5.32 Å². The first-order chi connectivity index (χ1) is 8.79. The first-order valence-corrected chi connectivity index (χ1v) is 5.17. The van der Waals surface area contributed by atoms with E-state index in [1.807, 2.05) is 0 Å². The van der Waals surface area contributed by atoms with Crippen molar-refractivity contribution in [2.24, 2.45) is 0 Å². The van der Waals surface area contributed by atoms with Crippen molar-refractivity contribution in [2.75, 3.05) is 19.8 Å². The van der Waals surface area contributed by atoms with Crippen LogP contribution in [0.2, 0.25) is 0 Å². The number of hydrogen-bond donors (Lipinski definition) is 1. The van der Waals surface area contributed by atoms with Crippen LogP contribution in [0.25, 0.3) is 0 Å². The van der Waals surface area contributed by atoms with Crippen LogP contribution in [0.3, 0.4) is 0 Å². The molecule has 0 bridgehead atoms. The highest BCUT2D eigenvalue weighted by Gasteiger charge is 2.27. The standard InChI is InChI=1S/C11H10F5NO2/c12-7-1-2-9(13)8(5-7)10(18)17-3-4-19-6-11(14,15)16/h1-2,5H,3-4,6H2,(H,17,18). The first-order valence-electron chi connectivity index (χ1n) is 5.17. The average molecular weight is 283 g/mol. The molecular weight excluding hydrogens is 273 g/mol. The van der Waals surface area contributed by atoms with Crippen molar-refractivity contribution in [1.29, 1.82) is 0 Å². The van der Waals surface area contributed by atoms with E-state index in [1.54, 1.807) is 0 Å². The second-order valence-corrected chi connectivity index (χ2v) is 3.55. The van der Waals surface area contributed by atoms with Crippen molar-refractivity contribution in [3.8, 4) is 0 Å². The summed E-state index contributed by atoms with van der Waals surface area (Å²) in [6, 6.07) is 2.32. The summed E-state index contributed by atoms with van der Waals surface area (Å²) in [6.45, 7) is -2.07. The van der Waals surface area contributed by atoms with E-state index in [2.05, 4.69) is 10.1 Å². The summed E-state index contributed by atoms with van der Waals surface area (Å²) in [5, 5.41) is 2.12. The first kappa shape index (κ1) is 15.4. The van der Waals surface area contributed by atoms with Gasteiger partial charge in [-0.15, -0.1) is 0 Å². The molecule has 0 aromatic heterocycles. The molecule has 0 radical (unpaired) electrons. The molecule has 0 heterocycles. The number of amides is 1. The molecular formula is C11H10F5NO2. The Morgan fingerprint density at radius 2 is 1.95 bits per heavy atom. The fourth-order valence-corrected chi connectivity index (χ4v) is 1.19. The largest absolute Gasteiger partial charge is 0.411 e. The predicted molar refractivity (Wildman–Crippen MR) is 55.6 cm³/mol. The molecule has 1 amide bonds. The fourth-order valence-electron chi connectivity index (χ4n) is 1.19. The predicted octanol–water partition coefficient (Wildman–Crippen LogP) is 2.27. The summed E-state index contributed by atoms with van der Waals surface area (Å²) in [6.07, 6.45) is -4.45. The molecule has 0 aliphatic heterocycles. The smallest absolute Gasteiger partial charge is 0.370 e. The van der Waals surface area contributed by atoms with Crippen molar-refractivity contribution < 1.29 is 31.5 Å². The minimum absolute atomic E-state index is 0.245. The van der Waals surface area contributed by atoms with Crippen molar-refractivity contribution >= 4 is 5.91 Å². The van der Waals surface area contributed by atoms with Gasteiger partial charge in [0.1, 0.15) is 18.2 Å². The van der Waals surface area contributed by atoms with E-state index in [1.165, 1.54) is 0 Å². The fraction of sp³-hybridized carbons (Fsp3) is 0.364. The molecule has 3 nitrogen and oxygen atoms in total. The maximum Gasteiger partial charge on any atom is 0.411 e. The third-order valence-electron chi connectivity index (χ3n) is 1.97. The molecule has 1 aromatic rings. The molecule has 0 atom stereocenters. The van der Waals surface area contributed by atoms with Crippen molar-refractivity contribution in [3.05, 3.63) is 35.4 Å². The van der Waals surface area contributed by atoms with Crippen LogP contribution < -0.4 is 5.32 Å². The number of rotatable bonds is 5. The lowest BCUT2D eigenvalue weighted by Crippen LogP contribution is -2.29. The molecule has 106 valence electrons. The van der Waals surface area contributed by atoms with Gasteiger partial charge in [-0.05, 0) is 18.2 Å². The molecule has 0 saturated carbocycles. The minimum atomic E-state index is -4.45. The summed E-state index contributed by atoms with van der Waals surface area (Å²) < 4.78 is 65.3. The number of benzene rings is 1. The zero-order valence-electron chi connectivity index (χ0n) is 9.56. The lowest BCUT2D eigenvalue weighted by molar-refractivity contribution is -0.173. The van der Waals surface area contributed by atoms with E-state index in [-0.39, 0.29) is 13.2 Å². The van der Waals surface area contributed by atoms with Gasteiger partial charge in [0.05, 0.1) is 12.2 Å². The summed E-state index contributed by atoms with van der Waals surface area (Å²) >= 11 is 0. The summed E-state index contributed by atoms with van der Waals surface area (Å²) in [7, 11) is 0. The molecule has 0 unspecified atom stereocenters. The number of hydrogen-bond acceptors (Lipinski definition) is 2. The Kier molecular flexibility index (Phi) is 5.22. The topological polar surface area (TPSA) is 38.3 Å².